The lowest BCUT2D eigenvalue weighted by atomic mass is 10.0. The molecule has 0 aliphatic heterocycles. The number of carbonyl (C=O) groups is 2. The maximum absolute atomic E-state index is 13.2. The highest BCUT2D eigenvalue weighted by Crippen LogP contribution is 2.26. The average Bonchev–Trinajstić information content (AvgIpc) is 2.73. The number of anilines is 1. The minimum Gasteiger partial charge on any atom is -0.331 e. The highest BCUT2D eigenvalue weighted by molar-refractivity contribution is 5.88. The number of hydrogen-bond donors (Lipinski definition) is 1. The van der Waals surface area contributed by atoms with Gasteiger partial charge in [-0.2, -0.15) is 0 Å². The zero-order chi connectivity index (χ0) is 21.5. The molecule has 3 aromatic rings. The Morgan fingerprint density at radius 1 is 0.933 bits per heavy atom. The summed E-state index contributed by atoms with van der Waals surface area (Å²) in [5, 5.41) is 2.79. The van der Waals surface area contributed by atoms with Crippen LogP contribution in [0.15, 0.2) is 78.9 Å². The largest absolute Gasteiger partial charge is 0.331 e. The third-order valence-electron chi connectivity index (χ3n) is 4.94. The van der Waals surface area contributed by atoms with Crippen molar-refractivity contribution in [1.29, 1.82) is 0 Å². The number of benzene rings is 3. The van der Waals surface area contributed by atoms with Crippen molar-refractivity contribution in [1.82, 2.24) is 4.90 Å². The first-order valence-corrected chi connectivity index (χ1v) is 9.88. The fourth-order valence-electron chi connectivity index (χ4n) is 3.36. The predicted octanol–water partition coefficient (Wildman–Crippen LogP) is 5.12. The van der Waals surface area contributed by atoms with Crippen LogP contribution in [0.25, 0.3) is 0 Å². The van der Waals surface area contributed by atoms with Gasteiger partial charge in [0.05, 0.1) is 12.5 Å². The number of halogens is 1. The first kappa shape index (κ1) is 21.2. The van der Waals surface area contributed by atoms with Gasteiger partial charge >= 0.3 is 0 Å². The molecule has 1 atom stereocenters. The monoisotopic (exact) mass is 404 g/mol. The van der Waals surface area contributed by atoms with Crippen LogP contribution >= 0.6 is 0 Å². The van der Waals surface area contributed by atoms with E-state index in [1.807, 2.05) is 66.4 Å². The molecule has 0 saturated heterocycles. The van der Waals surface area contributed by atoms with Crippen molar-refractivity contribution in [3.8, 4) is 0 Å². The molecule has 0 aromatic heterocycles. The normalized spacial score (nSPS) is 11.6. The van der Waals surface area contributed by atoms with Gasteiger partial charge in [-0.25, -0.2) is 4.39 Å². The molecule has 3 rings (SSSR count). The first-order chi connectivity index (χ1) is 14.4. The van der Waals surface area contributed by atoms with Gasteiger partial charge in [-0.1, -0.05) is 54.6 Å². The first-order valence-electron chi connectivity index (χ1n) is 9.88. The molecule has 0 aliphatic carbocycles. The molecule has 0 heterocycles. The van der Waals surface area contributed by atoms with Gasteiger partial charge in [0.2, 0.25) is 11.8 Å². The Bertz CT molecular complexity index is 1000. The van der Waals surface area contributed by atoms with Crippen molar-refractivity contribution in [3.05, 3.63) is 101 Å². The Morgan fingerprint density at radius 2 is 1.63 bits per heavy atom. The highest BCUT2D eigenvalue weighted by atomic mass is 19.1. The molecule has 0 fully saturated rings. The van der Waals surface area contributed by atoms with E-state index in [-0.39, 0.29) is 30.1 Å². The standard InChI is InChI=1S/C25H25FN2O2/c1-18(22-9-6-10-24(16-22)27-19(2)29)28(17-21-7-4-3-5-8-21)25(30)15-20-11-13-23(26)14-12-20/h3-14,16,18H,15,17H2,1-2H3,(H,27,29). The predicted molar refractivity (Wildman–Crippen MR) is 116 cm³/mol. The lowest BCUT2D eigenvalue weighted by molar-refractivity contribution is -0.133. The van der Waals surface area contributed by atoms with Gasteiger partial charge in [0.25, 0.3) is 0 Å². The number of hydrogen-bond acceptors (Lipinski definition) is 2. The van der Waals surface area contributed by atoms with Crippen LogP contribution < -0.4 is 5.32 Å². The van der Waals surface area contributed by atoms with Gasteiger partial charge in [-0.15, -0.1) is 0 Å². The molecule has 0 aliphatic rings. The van der Waals surface area contributed by atoms with Gasteiger partial charge < -0.3 is 10.2 Å². The SMILES string of the molecule is CC(=O)Nc1cccc(C(C)N(Cc2ccccc2)C(=O)Cc2ccc(F)cc2)c1. The van der Waals surface area contributed by atoms with Gasteiger partial charge in [-0.05, 0) is 47.9 Å². The molecule has 0 bridgehead atoms. The zero-order valence-corrected chi connectivity index (χ0v) is 17.1. The second-order valence-corrected chi connectivity index (χ2v) is 7.29. The Labute approximate surface area is 176 Å². The minimum atomic E-state index is -0.324. The number of carbonyl (C=O) groups excluding carboxylic acids is 2. The summed E-state index contributed by atoms with van der Waals surface area (Å²) in [4.78, 5) is 26.5. The van der Waals surface area contributed by atoms with Crippen LogP contribution in [0.5, 0.6) is 0 Å². The van der Waals surface area contributed by atoms with Gasteiger partial charge in [0.15, 0.2) is 0 Å². The van der Waals surface area contributed by atoms with Gasteiger partial charge in [0, 0.05) is 19.2 Å². The fourth-order valence-corrected chi connectivity index (χ4v) is 3.36. The van der Waals surface area contributed by atoms with E-state index in [0.29, 0.717) is 12.2 Å². The summed E-state index contributed by atoms with van der Waals surface area (Å²) < 4.78 is 13.2. The van der Waals surface area contributed by atoms with Crippen molar-refractivity contribution >= 4 is 17.5 Å². The average molecular weight is 404 g/mol. The Kier molecular flexibility index (Phi) is 6.96. The Morgan fingerprint density at radius 3 is 2.30 bits per heavy atom. The molecule has 4 nitrogen and oxygen atoms in total. The maximum Gasteiger partial charge on any atom is 0.227 e. The van der Waals surface area contributed by atoms with Crippen LogP contribution in [-0.2, 0) is 22.6 Å². The van der Waals surface area contributed by atoms with Crippen molar-refractivity contribution in [3.63, 3.8) is 0 Å². The molecule has 0 radical (unpaired) electrons. The summed E-state index contributed by atoms with van der Waals surface area (Å²) in [6.07, 6.45) is 0.183. The van der Waals surface area contributed by atoms with Crippen molar-refractivity contribution in [2.75, 3.05) is 5.32 Å². The van der Waals surface area contributed by atoms with Crippen molar-refractivity contribution in [2.24, 2.45) is 0 Å². The third kappa shape index (κ3) is 5.77. The zero-order valence-electron chi connectivity index (χ0n) is 17.1. The molecule has 2 amide bonds. The molecular formula is C25H25FN2O2. The number of nitrogens with one attached hydrogen (secondary N) is 1. The molecule has 0 spiro atoms. The van der Waals surface area contributed by atoms with E-state index in [1.54, 1.807) is 12.1 Å². The fraction of sp³-hybridized carbons (Fsp3) is 0.200. The molecule has 1 unspecified atom stereocenters. The summed E-state index contributed by atoms with van der Waals surface area (Å²) in [7, 11) is 0. The minimum absolute atomic E-state index is 0.0529. The van der Waals surface area contributed by atoms with E-state index < -0.39 is 0 Å². The molecule has 5 heteroatoms. The maximum atomic E-state index is 13.2. The van der Waals surface area contributed by atoms with Crippen molar-refractivity contribution < 1.29 is 14.0 Å². The summed E-state index contributed by atoms with van der Waals surface area (Å²) in [5.74, 6) is -0.522. The van der Waals surface area contributed by atoms with E-state index in [9.17, 15) is 14.0 Å². The smallest absolute Gasteiger partial charge is 0.227 e. The van der Waals surface area contributed by atoms with Crippen LogP contribution in [-0.4, -0.2) is 16.7 Å². The van der Waals surface area contributed by atoms with Crippen LogP contribution in [0.3, 0.4) is 0 Å². The molecule has 30 heavy (non-hydrogen) atoms. The van der Waals surface area contributed by atoms with Gasteiger partial charge in [0.1, 0.15) is 5.82 Å². The summed E-state index contributed by atoms with van der Waals surface area (Å²) in [6, 6.07) is 23.1. The lowest BCUT2D eigenvalue weighted by Crippen LogP contribution is -2.34. The second-order valence-electron chi connectivity index (χ2n) is 7.29. The highest BCUT2D eigenvalue weighted by Gasteiger charge is 2.22. The van der Waals surface area contributed by atoms with E-state index >= 15 is 0 Å². The third-order valence-corrected chi connectivity index (χ3v) is 4.94. The number of amides is 2. The van der Waals surface area contributed by atoms with Crippen LogP contribution in [0.4, 0.5) is 10.1 Å². The molecule has 0 saturated carbocycles. The molecule has 1 N–H and O–H groups in total. The van der Waals surface area contributed by atoms with E-state index in [2.05, 4.69) is 5.32 Å². The van der Waals surface area contributed by atoms with Crippen LogP contribution in [0.2, 0.25) is 0 Å². The van der Waals surface area contributed by atoms with E-state index in [1.165, 1.54) is 19.1 Å². The Balaban J connectivity index is 1.87. The van der Waals surface area contributed by atoms with Gasteiger partial charge in [-0.3, -0.25) is 9.59 Å². The molecule has 154 valence electrons. The van der Waals surface area contributed by atoms with E-state index in [4.69, 9.17) is 0 Å². The second kappa shape index (κ2) is 9.83. The molecule has 3 aromatic carbocycles. The summed E-state index contributed by atoms with van der Waals surface area (Å²) >= 11 is 0. The van der Waals surface area contributed by atoms with Crippen molar-refractivity contribution in [2.45, 2.75) is 32.9 Å². The quantitative estimate of drug-likeness (QED) is 0.594. The van der Waals surface area contributed by atoms with E-state index in [0.717, 1.165) is 16.7 Å². The lowest BCUT2D eigenvalue weighted by Gasteiger charge is -2.30. The number of rotatable bonds is 7. The topological polar surface area (TPSA) is 49.4 Å². The summed E-state index contributed by atoms with van der Waals surface area (Å²) in [6.45, 7) is 3.88. The molecular weight excluding hydrogens is 379 g/mol. The van der Waals surface area contributed by atoms with Crippen LogP contribution in [0, 0.1) is 5.82 Å². The summed E-state index contributed by atoms with van der Waals surface area (Å²) in [5.41, 5.74) is 3.40. The van der Waals surface area contributed by atoms with Crippen LogP contribution in [0.1, 0.15) is 36.6 Å². The Hall–Kier alpha value is -3.47. The number of nitrogens with zero attached hydrogens (tertiary/aromatic N) is 1.